The highest BCUT2D eigenvalue weighted by Gasteiger charge is 2.72. The molecule has 0 heterocycles. The van der Waals surface area contributed by atoms with Crippen molar-refractivity contribution < 1.29 is 35.5 Å². The molecule has 0 N–H and O–H groups in total. The van der Waals surface area contributed by atoms with Crippen molar-refractivity contribution >= 4 is 16.9 Å². The maximum Gasteiger partial charge on any atom is 0.459 e. The quantitative estimate of drug-likeness (QED) is 0.245. The summed E-state index contributed by atoms with van der Waals surface area (Å²) in [7, 11) is 0. The van der Waals surface area contributed by atoms with Gasteiger partial charge < -0.3 is 0 Å². The molecule has 0 aliphatic rings. The van der Waals surface area contributed by atoms with Crippen molar-refractivity contribution in [2.75, 3.05) is 5.75 Å². The smallest absolute Gasteiger partial charge is 0.288 e. The highest BCUT2D eigenvalue weighted by atomic mass is 32.2. The number of carbonyl (C=O) groups excluding carboxylic acids is 1. The fourth-order valence-electron chi connectivity index (χ4n) is 2.27. The Kier molecular flexibility index (Phi) is 11.1. The number of hydrogen-bond acceptors (Lipinski definition) is 2. The zero-order valence-electron chi connectivity index (χ0n) is 14.2. The third-order valence-electron chi connectivity index (χ3n) is 3.76. The first kappa shape index (κ1) is 24.5. The summed E-state index contributed by atoms with van der Waals surface area (Å²) in [5.41, 5.74) is 0. The van der Waals surface area contributed by atoms with E-state index in [1.54, 1.807) is 0 Å². The Bertz CT molecular complexity index is 383. The van der Waals surface area contributed by atoms with Gasteiger partial charge in [-0.2, -0.15) is 30.7 Å². The molecule has 0 spiro atoms. The van der Waals surface area contributed by atoms with Crippen LogP contribution in [0.4, 0.5) is 30.7 Å². The van der Waals surface area contributed by atoms with Crippen molar-refractivity contribution in [2.45, 2.75) is 89.2 Å². The fraction of sp³-hybridized carbons (Fsp3) is 0.938. The van der Waals surface area contributed by atoms with Crippen molar-refractivity contribution in [2.24, 2.45) is 0 Å². The van der Waals surface area contributed by atoms with Crippen molar-refractivity contribution in [1.29, 1.82) is 0 Å². The van der Waals surface area contributed by atoms with E-state index in [1.165, 1.54) is 18.7 Å². The summed E-state index contributed by atoms with van der Waals surface area (Å²) in [5, 5.41) is 0.0959. The Morgan fingerprint density at radius 2 is 1.12 bits per heavy atom. The predicted octanol–water partition coefficient (Wildman–Crippen LogP) is 7.00. The molecule has 0 atom stereocenters. The van der Waals surface area contributed by atoms with Crippen LogP contribution in [0, 0.1) is 0 Å². The number of thioether (sulfide) groups is 1. The Balaban J connectivity index is 3.65. The molecule has 0 rings (SSSR count). The summed E-state index contributed by atoms with van der Waals surface area (Å²) < 4.78 is 87.2. The number of rotatable bonds is 13. The average molecular weight is 398 g/mol. The maximum absolute atomic E-state index is 13.0. The molecule has 0 fully saturated rings. The molecule has 0 amide bonds. The van der Waals surface area contributed by atoms with Gasteiger partial charge >= 0.3 is 18.0 Å². The molecule has 9 heteroatoms. The van der Waals surface area contributed by atoms with E-state index in [-0.39, 0.29) is 18.0 Å². The summed E-state index contributed by atoms with van der Waals surface area (Å²) >= 11 is 1.29. The summed E-state index contributed by atoms with van der Waals surface area (Å²) in [4.78, 5) is 10.7. The summed E-state index contributed by atoms with van der Waals surface area (Å²) in [6.45, 7) is 1.52. The van der Waals surface area contributed by atoms with Gasteiger partial charge in [-0.05, 0) is 12.8 Å². The summed E-state index contributed by atoms with van der Waals surface area (Å²) in [6.07, 6.45) is -1.81. The lowest BCUT2D eigenvalue weighted by Gasteiger charge is -2.28. The molecule has 0 unspecified atom stereocenters. The molecule has 0 aromatic heterocycles. The lowest BCUT2D eigenvalue weighted by molar-refractivity contribution is -0.355. The third-order valence-corrected chi connectivity index (χ3v) is 4.66. The second-order valence-electron chi connectivity index (χ2n) is 6.05. The van der Waals surface area contributed by atoms with E-state index in [2.05, 4.69) is 0 Å². The fourth-order valence-corrected chi connectivity index (χ4v) is 2.90. The van der Waals surface area contributed by atoms with Crippen molar-refractivity contribution in [3.05, 3.63) is 0 Å². The molecular weight excluding hydrogens is 373 g/mol. The molecule has 0 aliphatic carbocycles. The van der Waals surface area contributed by atoms with Gasteiger partial charge in [0.1, 0.15) is 0 Å². The van der Waals surface area contributed by atoms with Gasteiger partial charge in [0.25, 0.3) is 0 Å². The molecule has 0 radical (unpaired) electrons. The van der Waals surface area contributed by atoms with Crippen LogP contribution in [0.3, 0.4) is 0 Å². The largest absolute Gasteiger partial charge is 0.459 e. The first-order chi connectivity index (χ1) is 11.4. The van der Waals surface area contributed by atoms with E-state index in [0.717, 1.165) is 44.3 Å². The predicted molar refractivity (Wildman–Crippen MR) is 85.3 cm³/mol. The number of alkyl halides is 7. The van der Waals surface area contributed by atoms with E-state index in [4.69, 9.17) is 0 Å². The van der Waals surface area contributed by atoms with Crippen LogP contribution >= 0.6 is 11.8 Å². The highest BCUT2D eigenvalue weighted by Crippen LogP contribution is 2.48. The second kappa shape index (κ2) is 11.3. The van der Waals surface area contributed by atoms with Crippen LogP contribution in [0.5, 0.6) is 0 Å². The van der Waals surface area contributed by atoms with Crippen molar-refractivity contribution in [3.63, 3.8) is 0 Å². The molecule has 0 bridgehead atoms. The zero-order valence-corrected chi connectivity index (χ0v) is 15.1. The van der Waals surface area contributed by atoms with Crippen LogP contribution in [-0.2, 0) is 4.79 Å². The first-order valence-electron chi connectivity index (χ1n) is 8.37. The van der Waals surface area contributed by atoms with Crippen LogP contribution in [0.15, 0.2) is 0 Å². The van der Waals surface area contributed by atoms with Crippen LogP contribution < -0.4 is 0 Å². The molecule has 0 saturated carbocycles. The topological polar surface area (TPSA) is 17.1 Å². The number of hydrogen-bond donors (Lipinski definition) is 0. The van der Waals surface area contributed by atoms with E-state index in [1.807, 2.05) is 0 Å². The minimum absolute atomic E-state index is 0.0959. The molecule has 1 nitrogen and oxygen atoms in total. The number of carbonyl (C=O) groups is 1. The lowest BCUT2D eigenvalue weighted by atomic mass is 10.0. The maximum atomic E-state index is 13.0. The average Bonchev–Trinajstić information content (AvgIpc) is 2.46. The normalized spacial score (nSPS) is 13.3. The van der Waals surface area contributed by atoms with Gasteiger partial charge in [-0.25, -0.2) is 0 Å². The molecule has 0 aromatic carbocycles. The van der Waals surface area contributed by atoms with E-state index < -0.39 is 24.4 Å². The SMILES string of the molecule is CC(=O)SCCCCCCCCCCCC(F)(F)C(F)(F)C(F)(F)F. The Morgan fingerprint density at radius 1 is 0.720 bits per heavy atom. The van der Waals surface area contributed by atoms with E-state index >= 15 is 0 Å². The number of unbranched alkanes of at least 4 members (excludes halogenated alkanes) is 8. The minimum atomic E-state index is -6.24. The monoisotopic (exact) mass is 398 g/mol. The lowest BCUT2D eigenvalue weighted by Crippen LogP contribution is -2.51. The standard InChI is InChI=1S/C16H25F7OS/c1-13(24)25-12-10-8-6-4-2-3-5-7-9-11-14(17,18)15(19,20)16(21,22)23/h2-12H2,1H3. The highest BCUT2D eigenvalue weighted by molar-refractivity contribution is 8.13. The number of halogens is 7. The molecular formula is C16H25F7OS. The Labute approximate surface area is 148 Å². The van der Waals surface area contributed by atoms with Crippen LogP contribution in [0.25, 0.3) is 0 Å². The molecule has 0 aromatic rings. The molecule has 0 aliphatic heterocycles. The summed E-state index contributed by atoms with van der Waals surface area (Å²) in [6, 6.07) is 0. The van der Waals surface area contributed by atoms with Gasteiger partial charge in [0, 0.05) is 19.1 Å². The van der Waals surface area contributed by atoms with Gasteiger partial charge in [-0.3, -0.25) is 4.79 Å². The van der Waals surface area contributed by atoms with Crippen LogP contribution in [-0.4, -0.2) is 28.9 Å². The zero-order chi connectivity index (χ0) is 19.6. The van der Waals surface area contributed by atoms with Gasteiger partial charge in [-0.15, -0.1) is 0 Å². The van der Waals surface area contributed by atoms with Gasteiger partial charge in [0.05, 0.1) is 0 Å². The Morgan fingerprint density at radius 3 is 1.52 bits per heavy atom. The van der Waals surface area contributed by atoms with Gasteiger partial charge in [0.2, 0.25) is 0 Å². The summed E-state index contributed by atoms with van der Waals surface area (Å²) in [5.74, 6) is -10.3. The van der Waals surface area contributed by atoms with Gasteiger partial charge in [-0.1, -0.05) is 56.7 Å². The van der Waals surface area contributed by atoms with E-state index in [0.29, 0.717) is 6.42 Å². The molecule has 25 heavy (non-hydrogen) atoms. The minimum Gasteiger partial charge on any atom is -0.288 e. The Hall–Kier alpha value is -0.470. The first-order valence-corrected chi connectivity index (χ1v) is 9.36. The van der Waals surface area contributed by atoms with Crippen LogP contribution in [0.2, 0.25) is 0 Å². The second-order valence-corrected chi connectivity index (χ2v) is 7.32. The van der Waals surface area contributed by atoms with E-state index in [9.17, 15) is 35.5 Å². The third kappa shape index (κ3) is 9.70. The van der Waals surface area contributed by atoms with Crippen molar-refractivity contribution in [3.8, 4) is 0 Å². The molecule has 0 saturated heterocycles. The molecule has 150 valence electrons. The van der Waals surface area contributed by atoms with Gasteiger partial charge in [0.15, 0.2) is 5.12 Å². The van der Waals surface area contributed by atoms with Crippen molar-refractivity contribution in [1.82, 2.24) is 0 Å². The van der Waals surface area contributed by atoms with Crippen LogP contribution in [0.1, 0.15) is 71.1 Å².